The molecule has 0 aliphatic carbocycles. The number of hydrogen-bond acceptors (Lipinski definition) is 4. The largest absolute Gasteiger partial charge is 0.307 e. The number of allylic oxidation sites excluding steroid dienone is 4. The fourth-order valence-electron chi connectivity index (χ4n) is 1.56. The first kappa shape index (κ1) is 14.5. The maximum atomic E-state index is 11.1. The van der Waals surface area contributed by atoms with E-state index in [0.717, 1.165) is 4.48 Å². The van der Waals surface area contributed by atoms with Crippen molar-refractivity contribution in [2.24, 2.45) is 5.73 Å². The minimum absolute atomic E-state index is 0.321. The van der Waals surface area contributed by atoms with Crippen LogP contribution in [-0.2, 0) is 9.59 Å². The molecule has 0 aromatic carbocycles. The van der Waals surface area contributed by atoms with Crippen molar-refractivity contribution in [3.05, 3.63) is 21.8 Å². The summed E-state index contributed by atoms with van der Waals surface area (Å²) >= 11 is 4.95. The Bertz CT molecular complexity index is 385. The van der Waals surface area contributed by atoms with Crippen LogP contribution < -0.4 is 5.73 Å². The Hall–Kier alpha value is -0.590. The summed E-state index contributed by atoms with van der Waals surface area (Å²) in [6, 6.07) is 0. The van der Waals surface area contributed by atoms with Crippen molar-refractivity contribution < 1.29 is 9.59 Å². The molecule has 0 aromatic heterocycles. The molecule has 6 heteroatoms. The lowest BCUT2D eigenvalue weighted by atomic mass is 10.1. The van der Waals surface area contributed by atoms with Crippen molar-refractivity contribution in [1.29, 1.82) is 0 Å². The molecule has 0 radical (unpaired) electrons. The standard InChI is InChI=1S/C11H15BrN2O2S/c1-8(3-9(2)12)10(4-15)14(7-16)11(13)5-17-6-11/h3-4,7H,5-6,13H2,1-2H3/b9-3+,10-8-. The van der Waals surface area contributed by atoms with E-state index in [1.165, 1.54) is 4.90 Å². The van der Waals surface area contributed by atoms with Gasteiger partial charge in [-0.2, -0.15) is 11.8 Å². The minimum atomic E-state index is -0.724. The van der Waals surface area contributed by atoms with Gasteiger partial charge in [0.1, 0.15) is 5.66 Å². The molecule has 1 fully saturated rings. The Labute approximate surface area is 113 Å². The highest BCUT2D eigenvalue weighted by Crippen LogP contribution is 2.32. The molecule has 1 amide bonds. The van der Waals surface area contributed by atoms with E-state index in [9.17, 15) is 9.59 Å². The van der Waals surface area contributed by atoms with Gasteiger partial charge in [0.05, 0.1) is 5.70 Å². The van der Waals surface area contributed by atoms with Crippen LogP contribution in [0.15, 0.2) is 21.8 Å². The SMILES string of the molecule is CC(/C=C(\C)Br)=C(\C=O)N(C=O)C1(N)CSC1. The molecular formula is C11H15BrN2O2S. The second kappa shape index (κ2) is 5.84. The van der Waals surface area contributed by atoms with Crippen LogP contribution in [0.25, 0.3) is 0 Å². The van der Waals surface area contributed by atoms with E-state index in [-0.39, 0.29) is 0 Å². The summed E-state index contributed by atoms with van der Waals surface area (Å²) in [5.41, 5.74) is 6.36. The highest BCUT2D eigenvalue weighted by atomic mass is 79.9. The maximum absolute atomic E-state index is 11.1. The fraction of sp³-hybridized carbons (Fsp3) is 0.455. The topological polar surface area (TPSA) is 63.4 Å². The average Bonchev–Trinajstić information content (AvgIpc) is 2.21. The molecule has 17 heavy (non-hydrogen) atoms. The van der Waals surface area contributed by atoms with E-state index in [0.29, 0.717) is 35.5 Å². The monoisotopic (exact) mass is 318 g/mol. The first-order valence-corrected chi connectivity index (χ1v) is 7.00. The highest BCUT2D eigenvalue weighted by Gasteiger charge is 2.41. The number of rotatable bonds is 5. The number of nitrogens with zero attached hydrogens (tertiary/aromatic N) is 1. The zero-order chi connectivity index (χ0) is 13.1. The number of nitrogens with two attached hydrogens (primary N) is 1. The Kier molecular flexibility index (Phi) is 4.97. The predicted octanol–water partition coefficient (Wildman–Crippen LogP) is 1.62. The molecule has 0 atom stereocenters. The van der Waals surface area contributed by atoms with Crippen LogP contribution in [0.3, 0.4) is 0 Å². The summed E-state index contributed by atoms with van der Waals surface area (Å²) < 4.78 is 0.884. The molecule has 1 heterocycles. The lowest BCUT2D eigenvalue weighted by Crippen LogP contribution is -2.64. The first-order valence-electron chi connectivity index (χ1n) is 5.05. The number of hydrogen-bond donors (Lipinski definition) is 1. The fourth-order valence-corrected chi connectivity index (χ4v) is 2.81. The van der Waals surface area contributed by atoms with Crippen LogP contribution in [-0.4, -0.2) is 34.8 Å². The van der Waals surface area contributed by atoms with Crippen LogP contribution in [0.1, 0.15) is 13.8 Å². The van der Waals surface area contributed by atoms with E-state index >= 15 is 0 Å². The lowest BCUT2D eigenvalue weighted by Gasteiger charge is -2.44. The number of carbonyl (C=O) groups is 2. The van der Waals surface area contributed by atoms with Crippen molar-refractivity contribution in [2.45, 2.75) is 19.5 Å². The normalized spacial score (nSPS) is 20.1. The molecule has 0 saturated carbocycles. The number of aldehydes is 1. The molecule has 1 aliphatic heterocycles. The summed E-state index contributed by atoms with van der Waals surface area (Å²) in [4.78, 5) is 23.6. The van der Waals surface area contributed by atoms with Crippen molar-refractivity contribution in [3.63, 3.8) is 0 Å². The summed E-state index contributed by atoms with van der Waals surface area (Å²) in [6.07, 6.45) is 3.09. The van der Waals surface area contributed by atoms with Crippen molar-refractivity contribution in [3.8, 4) is 0 Å². The molecule has 1 saturated heterocycles. The number of amides is 1. The van der Waals surface area contributed by atoms with Gasteiger partial charge < -0.3 is 5.73 Å². The molecule has 0 spiro atoms. The van der Waals surface area contributed by atoms with Gasteiger partial charge in [-0.25, -0.2) is 0 Å². The van der Waals surface area contributed by atoms with E-state index < -0.39 is 5.66 Å². The van der Waals surface area contributed by atoms with E-state index in [2.05, 4.69) is 15.9 Å². The number of halogens is 1. The summed E-state index contributed by atoms with van der Waals surface area (Å²) in [5, 5.41) is 0. The van der Waals surface area contributed by atoms with E-state index in [1.807, 2.05) is 6.92 Å². The predicted molar refractivity (Wildman–Crippen MR) is 73.6 cm³/mol. The molecule has 94 valence electrons. The van der Waals surface area contributed by atoms with Crippen molar-refractivity contribution in [1.82, 2.24) is 4.90 Å². The van der Waals surface area contributed by atoms with E-state index in [1.54, 1.807) is 24.8 Å². The van der Waals surface area contributed by atoms with Gasteiger partial charge in [-0.15, -0.1) is 0 Å². The molecule has 0 unspecified atom stereocenters. The van der Waals surface area contributed by atoms with E-state index in [4.69, 9.17) is 5.73 Å². The zero-order valence-corrected chi connectivity index (χ0v) is 12.2. The molecule has 2 N–H and O–H groups in total. The molecule has 1 aliphatic rings. The Balaban J connectivity index is 3.11. The van der Waals surface area contributed by atoms with Gasteiger partial charge >= 0.3 is 0 Å². The Morgan fingerprint density at radius 2 is 2.00 bits per heavy atom. The molecule has 0 aromatic rings. The van der Waals surface area contributed by atoms with Crippen molar-refractivity contribution in [2.75, 3.05) is 11.5 Å². The minimum Gasteiger partial charge on any atom is -0.307 e. The van der Waals surface area contributed by atoms with Gasteiger partial charge in [-0.1, -0.05) is 15.9 Å². The van der Waals surface area contributed by atoms with Crippen LogP contribution in [0.5, 0.6) is 0 Å². The third-order valence-electron chi connectivity index (χ3n) is 2.48. The maximum Gasteiger partial charge on any atom is 0.215 e. The molecule has 1 rings (SSSR count). The average molecular weight is 319 g/mol. The van der Waals surface area contributed by atoms with Gasteiger partial charge in [0.15, 0.2) is 6.29 Å². The van der Waals surface area contributed by atoms with Gasteiger partial charge in [-0.05, 0) is 30.0 Å². The van der Waals surface area contributed by atoms with Gasteiger partial charge in [0.25, 0.3) is 0 Å². The smallest absolute Gasteiger partial charge is 0.215 e. The third-order valence-corrected chi connectivity index (χ3v) is 4.12. The van der Waals surface area contributed by atoms with Crippen molar-refractivity contribution >= 4 is 40.4 Å². The molecule has 0 bridgehead atoms. The van der Waals surface area contributed by atoms with Crippen LogP contribution in [0, 0.1) is 0 Å². The summed E-state index contributed by atoms with van der Waals surface area (Å²) in [6.45, 7) is 3.63. The van der Waals surface area contributed by atoms with Gasteiger partial charge in [0, 0.05) is 11.5 Å². The zero-order valence-electron chi connectivity index (χ0n) is 9.77. The second-order valence-electron chi connectivity index (χ2n) is 3.99. The first-order chi connectivity index (χ1) is 7.94. The van der Waals surface area contributed by atoms with Crippen LogP contribution in [0.4, 0.5) is 0 Å². The van der Waals surface area contributed by atoms with Crippen LogP contribution in [0.2, 0.25) is 0 Å². The number of thioether (sulfide) groups is 1. The summed E-state index contributed by atoms with van der Waals surface area (Å²) in [5.74, 6) is 1.29. The van der Waals surface area contributed by atoms with Gasteiger partial charge in [-0.3, -0.25) is 14.5 Å². The summed E-state index contributed by atoms with van der Waals surface area (Å²) in [7, 11) is 0. The van der Waals surface area contributed by atoms with Crippen LogP contribution >= 0.6 is 27.7 Å². The number of carbonyl (C=O) groups excluding carboxylic acids is 2. The quantitative estimate of drug-likeness (QED) is 0.362. The highest BCUT2D eigenvalue weighted by molar-refractivity contribution is 9.11. The molecular weight excluding hydrogens is 304 g/mol. The Morgan fingerprint density at radius 3 is 2.29 bits per heavy atom. The second-order valence-corrected chi connectivity index (χ2v) is 6.23. The third kappa shape index (κ3) is 3.20. The lowest BCUT2D eigenvalue weighted by molar-refractivity contribution is -0.122. The Morgan fingerprint density at radius 1 is 1.41 bits per heavy atom. The molecule has 4 nitrogen and oxygen atoms in total. The van der Waals surface area contributed by atoms with Gasteiger partial charge in [0.2, 0.25) is 6.41 Å².